The number of ether oxygens (including phenoxy) is 1. The molecule has 0 unspecified atom stereocenters. The number of halogens is 1. The summed E-state index contributed by atoms with van der Waals surface area (Å²) in [7, 11) is 0. The predicted octanol–water partition coefficient (Wildman–Crippen LogP) is 1.56. The Morgan fingerprint density at radius 2 is 2.14 bits per heavy atom. The molecule has 1 saturated heterocycles. The molecule has 0 bridgehead atoms. The molecule has 0 aliphatic carbocycles. The van der Waals surface area contributed by atoms with Crippen LogP contribution >= 0.6 is 0 Å². The smallest absolute Gasteiger partial charge is 0.224 e. The second-order valence-electron chi connectivity index (χ2n) is 5.25. The minimum atomic E-state index is -0.375. The quantitative estimate of drug-likeness (QED) is 0.839. The normalized spacial score (nSPS) is 14.8. The number of amides is 1. The molecule has 1 amide bonds. The van der Waals surface area contributed by atoms with Crippen LogP contribution in [0.4, 0.5) is 15.8 Å². The van der Waals surface area contributed by atoms with E-state index in [4.69, 9.17) is 9.84 Å². The van der Waals surface area contributed by atoms with Crippen LogP contribution in [0, 0.1) is 5.82 Å². The summed E-state index contributed by atoms with van der Waals surface area (Å²) >= 11 is 0. The van der Waals surface area contributed by atoms with Crippen LogP contribution in [0.2, 0.25) is 0 Å². The number of benzene rings is 1. The highest BCUT2D eigenvalue weighted by Gasteiger charge is 2.18. The molecule has 1 aliphatic heterocycles. The molecule has 5 nitrogen and oxygen atoms in total. The standard InChI is InChI=1S/C16H21FN2O3/c1-12(11-20)10-19(13(2)21)14-3-4-16(15(17)9-14)18-5-7-22-8-6-18/h3-4,9,20H,1,5-8,10-11H2,2H3. The molecule has 22 heavy (non-hydrogen) atoms. The van der Waals surface area contributed by atoms with Crippen LogP contribution in [0.15, 0.2) is 30.4 Å². The van der Waals surface area contributed by atoms with Gasteiger partial charge in [0, 0.05) is 32.2 Å². The average molecular weight is 308 g/mol. The first-order valence-electron chi connectivity index (χ1n) is 7.20. The molecule has 120 valence electrons. The topological polar surface area (TPSA) is 53.0 Å². The summed E-state index contributed by atoms with van der Waals surface area (Å²) in [5.41, 5.74) is 1.46. The van der Waals surface area contributed by atoms with Crippen molar-refractivity contribution in [3.05, 3.63) is 36.2 Å². The summed E-state index contributed by atoms with van der Waals surface area (Å²) in [5.74, 6) is -0.603. The first kappa shape index (κ1) is 16.5. The Hall–Kier alpha value is -1.92. The molecular formula is C16H21FN2O3. The molecule has 1 N–H and O–H groups in total. The second kappa shape index (κ2) is 7.38. The zero-order valence-electron chi connectivity index (χ0n) is 12.7. The zero-order valence-corrected chi connectivity index (χ0v) is 12.7. The highest BCUT2D eigenvalue weighted by Crippen LogP contribution is 2.26. The Bertz CT molecular complexity index is 556. The van der Waals surface area contributed by atoms with E-state index in [1.165, 1.54) is 17.9 Å². The van der Waals surface area contributed by atoms with Gasteiger partial charge >= 0.3 is 0 Å². The number of aliphatic hydroxyl groups is 1. The maximum atomic E-state index is 14.4. The maximum absolute atomic E-state index is 14.4. The van der Waals surface area contributed by atoms with Crippen molar-refractivity contribution in [1.82, 2.24) is 0 Å². The number of carbonyl (C=O) groups excluding carboxylic acids is 1. The van der Waals surface area contributed by atoms with Gasteiger partial charge in [0.2, 0.25) is 5.91 Å². The van der Waals surface area contributed by atoms with E-state index in [1.54, 1.807) is 12.1 Å². The lowest BCUT2D eigenvalue weighted by Crippen LogP contribution is -2.37. The summed E-state index contributed by atoms with van der Waals surface area (Å²) in [5, 5.41) is 9.05. The summed E-state index contributed by atoms with van der Waals surface area (Å²) in [4.78, 5) is 15.1. The fraction of sp³-hybridized carbons (Fsp3) is 0.438. The molecule has 0 atom stereocenters. The van der Waals surface area contributed by atoms with Crippen molar-refractivity contribution in [1.29, 1.82) is 0 Å². The van der Waals surface area contributed by atoms with E-state index in [9.17, 15) is 9.18 Å². The van der Waals surface area contributed by atoms with E-state index in [2.05, 4.69) is 6.58 Å². The van der Waals surface area contributed by atoms with Gasteiger partial charge in [-0.15, -0.1) is 0 Å². The molecule has 6 heteroatoms. The van der Waals surface area contributed by atoms with Crippen molar-refractivity contribution in [3.63, 3.8) is 0 Å². The van der Waals surface area contributed by atoms with Crippen molar-refractivity contribution in [2.75, 3.05) is 49.3 Å². The van der Waals surface area contributed by atoms with Crippen molar-refractivity contribution in [3.8, 4) is 0 Å². The zero-order chi connectivity index (χ0) is 16.1. The molecule has 0 radical (unpaired) electrons. The van der Waals surface area contributed by atoms with Gasteiger partial charge in [-0.3, -0.25) is 4.79 Å². The first-order valence-corrected chi connectivity index (χ1v) is 7.20. The largest absolute Gasteiger partial charge is 0.392 e. The maximum Gasteiger partial charge on any atom is 0.224 e. The SMILES string of the molecule is C=C(CO)CN(C(C)=O)c1ccc(N2CCOCC2)c(F)c1. The van der Waals surface area contributed by atoms with Crippen LogP contribution in [0.25, 0.3) is 0 Å². The Morgan fingerprint density at radius 1 is 1.45 bits per heavy atom. The average Bonchev–Trinajstić information content (AvgIpc) is 2.52. The van der Waals surface area contributed by atoms with Crippen LogP contribution in [-0.2, 0) is 9.53 Å². The van der Waals surface area contributed by atoms with Crippen LogP contribution in [0.3, 0.4) is 0 Å². The molecule has 0 saturated carbocycles. The third kappa shape index (κ3) is 3.84. The Morgan fingerprint density at radius 3 is 2.68 bits per heavy atom. The van der Waals surface area contributed by atoms with Crippen LogP contribution in [-0.4, -0.2) is 50.5 Å². The molecule has 1 fully saturated rings. The lowest BCUT2D eigenvalue weighted by atomic mass is 10.2. The van der Waals surface area contributed by atoms with Crippen LogP contribution in [0.5, 0.6) is 0 Å². The summed E-state index contributed by atoms with van der Waals surface area (Å²) < 4.78 is 19.6. The highest BCUT2D eigenvalue weighted by atomic mass is 19.1. The Labute approximate surface area is 129 Å². The molecule has 0 spiro atoms. The van der Waals surface area contributed by atoms with E-state index >= 15 is 0 Å². The number of morpholine rings is 1. The van der Waals surface area contributed by atoms with E-state index in [-0.39, 0.29) is 24.9 Å². The lowest BCUT2D eigenvalue weighted by molar-refractivity contribution is -0.116. The number of aliphatic hydroxyl groups excluding tert-OH is 1. The first-order chi connectivity index (χ1) is 10.5. The lowest BCUT2D eigenvalue weighted by Gasteiger charge is -2.30. The van der Waals surface area contributed by atoms with Gasteiger partial charge in [-0.2, -0.15) is 0 Å². The van der Waals surface area contributed by atoms with Gasteiger partial charge in [0.15, 0.2) is 0 Å². The van der Waals surface area contributed by atoms with Crippen molar-refractivity contribution in [2.24, 2.45) is 0 Å². The van der Waals surface area contributed by atoms with Crippen molar-refractivity contribution >= 4 is 17.3 Å². The van der Waals surface area contributed by atoms with Crippen molar-refractivity contribution < 1.29 is 19.0 Å². The molecular weight excluding hydrogens is 287 g/mol. The third-order valence-corrected chi connectivity index (χ3v) is 3.58. The van der Waals surface area contributed by atoms with Gasteiger partial charge in [0.05, 0.1) is 25.5 Å². The van der Waals surface area contributed by atoms with Crippen molar-refractivity contribution in [2.45, 2.75) is 6.92 Å². The van der Waals surface area contributed by atoms with Gasteiger partial charge in [-0.1, -0.05) is 6.58 Å². The van der Waals surface area contributed by atoms with Gasteiger partial charge in [0.25, 0.3) is 0 Å². The molecule has 0 aromatic heterocycles. The molecule has 1 aliphatic rings. The number of hydrogen-bond acceptors (Lipinski definition) is 4. The van der Waals surface area contributed by atoms with Gasteiger partial charge in [-0.25, -0.2) is 4.39 Å². The summed E-state index contributed by atoms with van der Waals surface area (Å²) in [6.07, 6.45) is 0. The Kier molecular flexibility index (Phi) is 5.51. The minimum Gasteiger partial charge on any atom is -0.392 e. The van der Waals surface area contributed by atoms with Crippen LogP contribution < -0.4 is 9.80 Å². The number of carbonyl (C=O) groups is 1. The molecule has 1 aromatic rings. The number of rotatable bonds is 5. The highest BCUT2D eigenvalue weighted by molar-refractivity contribution is 5.92. The number of hydrogen-bond donors (Lipinski definition) is 1. The van der Waals surface area contributed by atoms with Gasteiger partial charge < -0.3 is 19.6 Å². The van der Waals surface area contributed by atoms with Gasteiger partial charge in [0.1, 0.15) is 5.82 Å². The fourth-order valence-electron chi connectivity index (χ4n) is 2.38. The van der Waals surface area contributed by atoms with E-state index in [0.717, 1.165) is 0 Å². The molecule has 1 aromatic carbocycles. The number of nitrogens with zero attached hydrogens (tertiary/aromatic N) is 2. The third-order valence-electron chi connectivity index (χ3n) is 3.58. The molecule has 1 heterocycles. The summed E-state index contributed by atoms with van der Waals surface area (Å²) in [6.45, 7) is 7.49. The summed E-state index contributed by atoms with van der Waals surface area (Å²) in [6, 6.07) is 4.73. The van der Waals surface area contributed by atoms with E-state index < -0.39 is 0 Å². The second-order valence-corrected chi connectivity index (χ2v) is 5.25. The van der Waals surface area contributed by atoms with E-state index in [1.807, 2.05) is 4.90 Å². The van der Waals surface area contributed by atoms with Gasteiger partial charge in [-0.05, 0) is 23.8 Å². The minimum absolute atomic E-state index is 0.169. The number of anilines is 2. The van der Waals surface area contributed by atoms with Crippen LogP contribution in [0.1, 0.15) is 6.92 Å². The monoisotopic (exact) mass is 308 g/mol. The Balaban J connectivity index is 2.22. The van der Waals surface area contributed by atoms with E-state index in [0.29, 0.717) is 43.3 Å². The predicted molar refractivity (Wildman–Crippen MR) is 83.7 cm³/mol. The molecule has 2 rings (SSSR count). The fourth-order valence-corrected chi connectivity index (χ4v) is 2.38.